The lowest BCUT2D eigenvalue weighted by molar-refractivity contribution is -0.122. The van der Waals surface area contributed by atoms with Crippen molar-refractivity contribution in [3.05, 3.63) is 86.3 Å². The average molecular weight is 438 g/mol. The maximum absolute atomic E-state index is 13.2. The normalized spacial score (nSPS) is 15.0. The van der Waals surface area contributed by atoms with E-state index in [0.29, 0.717) is 27.7 Å². The van der Waals surface area contributed by atoms with Crippen LogP contribution in [0.3, 0.4) is 0 Å². The molecule has 1 aromatic heterocycles. The maximum atomic E-state index is 13.2. The van der Waals surface area contributed by atoms with Gasteiger partial charge in [-0.3, -0.25) is 14.2 Å². The summed E-state index contributed by atoms with van der Waals surface area (Å²) in [6, 6.07) is 15.0. The molecule has 160 valence electrons. The number of rotatable bonds is 6. The number of aliphatic hydroxyl groups excluding tert-OH is 1. The van der Waals surface area contributed by atoms with E-state index < -0.39 is 0 Å². The number of aromatic nitrogens is 2. The molecule has 0 spiro atoms. The van der Waals surface area contributed by atoms with E-state index in [1.54, 1.807) is 31.2 Å². The lowest BCUT2D eigenvalue weighted by atomic mass is 10.1. The van der Waals surface area contributed by atoms with Gasteiger partial charge in [-0.25, -0.2) is 4.98 Å². The van der Waals surface area contributed by atoms with Gasteiger partial charge >= 0.3 is 0 Å². The molecule has 0 saturated carbocycles. The van der Waals surface area contributed by atoms with Crippen LogP contribution in [-0.2, 0) is 24.2 Å². The summed E-state index contributed by atoms with van der Waals surface area (Å²) in [4.78, 5) is 30.8. The van der Waals surface area contributed by atoms with E-state index in [1.807, 2.05) is 18.2 Å². The van der Waals surface area contributed by atoms with Crippen LogP contribution in [0.5, 0.6) is 0 Å². The Hall–Kier alpha value is -2.96. The number of amides is 1. The first-order valence-electron chi connectivity index (χ1n) is 10.3. The standard InChI is InChI=1S/C24H24ClN3O3/c1-15-19(12-13-29)24(31)28(23(26-15)17-6-9-18(25)10-7-17)14-22(30)27-21-11-8-16-4-2-3-5-20(16)21/h2-7,9-10,21,29H,8,11-14H2,1H3,(H,27,30)/t21-/m1/s1. The zero-order valence-corrected chi connectivity index (χ0v) is 18.0. The van der Waals surface area contributed by atoms with Gasteiger partial charge in [0, 0.05) is 34.9 Å². The predicted molar refractivity (Wildman–Crippen MR) is 120 cm³/mol. The number of aryl methyl sites for hydroxylation is 2. The smallest absolute Gasteiger partial charge is 0.257 e. The van der Waals surface area contributed by atoms with Gasteiger partial charge in [-0.15, -0.1) is 0 Å². The van der Waals surface area contributed by atoms with Crippen LogP contribution in [-0.4, -0.2) is 27.2 Å². The second-order valence-corrected chi connectivity index (χ2v) is 8.17. The average Bonchev–Trinajstić information content (AvgIpc) is 3.16. The number of aliphatic hydroxyl groups is 1. The molecule has 6 nitrogen and oxygen atoms in total. The first-order valence-corrected chi connectivity index (χ1v) is 10.7. The van der Waals surface area contributed by atoms with Crippen molar-refractivity contribution >= 4 is 17.5 Å². The van der Waals surface area contributed by atoms with E-state index in [4.69, 9.17) is 11.6 Å². The molecule has 4 rings (SSSR count). The molecule has 1 aliphatic rings. The number of halogens is 1. The minimum Gasteiger partial charge on any atom is -0.396 e. The number of hydrogen-bond acceptors (Lipinski definition) is 4. The Morgan fingerprint density at radius 1 is 1.23 bits per heavy atom. The van der Waals surface area contributed by atoms with Crippen LogP contribution in [0.4, 0.5) is 0 Å². The van der Waals surface area contributed by atoms with Crippen molar-refractivity contribution in [3.63, 3.8) is 0 Å². The van der Waals surface area contributed by atoms with E-state index >= 15 is 0 Å². The maximum Gasteiger partial charge on any atom is 0.257 e. The van der Waals surface area contributed by atoms with Crippen LogP contribution in [0, 0.1) is 6.92 Å². The summed E-state index contributed by atoms with van der Waals surface area (Å²) in [7, 11) is 0. The third kappa shape index (κ3) is 4.40. The van der Waals surface area contributed by atoms with Crippen molar-refractivity contribution in [1.29, 1.82) is 0 Å². The fourth-order valence-corrected chi connectivity index (χ4v) is 4.28. The molecule has 0 fully saturated rings. The molecule has 0 radical (unpaired) electrons. The number of carbonyl (C=O) groups is 1. The van der Waals surface area contributed by atoms with Gasteiger partial charge in [-0.2, -0.15) is 0 Å². The minimum absolute atomic E-state index is 0.0614. The summed E-state index contributed by atoms with van der Waals surface area (Å²) in [6.45, 7) is 1.43. The Labute approximate surface area is 185 Å². The second kappa shape index (κ2) is 9.04. The number of benzene rings is 2. The molecule has 0 unspecified atom stereocenters. The highest BCUT2D eigenvalue weighted by atomic mass is 35.5. The van der Waals surface area contributed by atoms with Crippen molar-refractivity contribution in [1.82, 2.24) is 14.9 Å². The largest absolute Gasteiger partial charge is 0.396 e. The van der Waals surface area contributed by atoms with E-state index in [2.05, 4.69) is 16.4 Å². The highest BCUT2D eigenvalue weighted by Gasteiger charge is 2.24. The van der Waals surface area contributed by atoms with Crippen molar-refractivity contribution < 1.29 is 9.90 Å². The van der Waals surface area contributed by atoms with Gasteiger partial charge in [0.1, 0.15) is 12.4 Å². The number of fused-ring (bicyclic) bond motifs is 1. The van der Waals surface area contributed by atoms with Crippen LogP contribution in [0.1, 0.15) is 34.8 Å². The van der Waals surface area contributed by atoms with Gasteiger partial charge in [-0.1, -0.05) is 35.9 Å². The summed E-state index contributed by atoms with van der Waals surface area (Å²) in [6.07, 6.45) is 1.95. The lowest BCUT2D eigenvalue weighted by Crippen LogP contribution is -2.36. The van der Waals surface area contributed by atoms with Crippen LogP contribution < -0.4 is 10.9 Å². The Morgan fingerprint density at radius 2 is 1.97 bits per heavy atom. The van der Waals surface area contributed by atoms with Gasteiger partial charge in [-0.05, 0) is 55.2 Å². The molecule has 0 aliphatic heterocycles. The summed E-state index contributed by atoms with van der Waals surface area (Å²) < 4.78 is 1.39. The van der Waals surface area contributed by atoms with E-state index in [-0.39, 0.29) is 37.1 Å². The van der Waals surface area contributed by atoms with Crippen molar-refractivity contribution in [3.8, 4) is 11.4 Å². The minimum atomic E-state index is -0.312. The summed E-state index contributed by atoms with van der Waals surface area (Å²) >= 11 is 6.01. The van der Waals surface area contributed by atoms with E-state index in [0.717, 1.165) is 18.4 Å². The predicted octanol–water partition coefficient (Wildman–Crippen LogP) is 3.21. The highest BCUT2D eigenvalue weighted by molar-refractivity contribution is 6.30. The van der Waals surface area contributed by atoms with Crippen molar-refractivity contribution in [2.45, 2.75) is 38.8 Å². The third-order valence-corrected chi connectivity index (χ3v) is 5.96. The lowest BCUT2D eigenvalue weighted by Gasteiger charge is -2.18. The number of carbonyl (C=O) groups excluding carboxylic acids is 1. The number of nitrogens with zero attached hydrogens (tertiary/aromatic N) is 2. The first-order chi connectivity index (χ1) is 15.0. The summed E-state index contributed by atoms with van der Waals surface area (Å²) in [5.74, 6) is 0.155. The quantitative estimate of drug-likeness (QED) is 0.620. The Balaban J connectivity index is 1.67. The van der Waals surface area contributed by atoms with Crippen molar-refractivity contribution in [2.24, 2.45) is 0 Å². The molecule has 2 N–H and O–H groups in total. The van der Waals surface area contributed by atoms with Gasteiger partial charge < -0.3 is 10.4 Å². The Kier molecular flexibility index (Phi) is 6.20. The second-order valence-electron chi connectivity index (χ2n) is 7.73. The van der Waals surface area contributed by atoms with Gasteiger partial charge in [0.05, 0.1) is 6.04 Å². The van der Waals surface area contributed by atoms with Crippen LogP contribution in [0.2, 0.25) is 5.02 Å². The van der Waals surface area contributed by atoms with Crippen molar-refractivity contribution in [2.75, 3.05) is 6.61 Å². The molecule has 7 heteroatoms. The first kappa shape index (κ1) is 21.3. The summed E-state index contributed by atoms with van der Waals surface area (Å²) in [5, 5.41) is 13.0. The SMILES string of the molecule is Cc1nc(-c2ccc(Cl)cc2)n(CC(=O)N[C@@H]2CCc3ccccc32)c(=O)c1CCO. The molecule has 3 aromatic rings. The van der Waals surface area contributed by atoms with Crippen LogP contribution in [0.15, 0.2) is 53.3 Å². The van der Waals surface area contributed by atoms with Crippen LogP contribution in [0.25, 0.3) is 11.4 Å². The fraction of sp³-hybridized carbons (Fsp3) is 0.292. The number of hydrogen-bond donors (Lipinski definition) is 2. The molecule has 31 heavy (non-hydrogen) atoms. The molecule has 0 saturated heterocycles. The zero-order chi connectivity index (χ0) is 22.0. The molecule has 2 aromatic carbocycles. The summed E-state index contributed by atoms with van der Waals surface area (Å²) in [5.41, 5.74) is 3.72. The van der Waals surface area contributed by atoms with Gasteiger partial charge in [0.2, 0.25) is 5.91 Å². The monoisotopic (exact) mass is 437 g/mol. The molecule has 1 amide bonds. The molecular weight excluding hydrogens is 414 g/mol. The molecule has 1 heterocycles. The molecule has 0 bridgehead atoms. The van der Waals surface area contributed by atoms with E-state index in [1.165, 1.54) is 10.1 Å². The Morgan fingerprint density at radius 3 is 2.71 bits per heavy atom. The van der Waals surface area contributed by atoms with Gasteiger partial charge in [0.25, 0.3) is 5.56 Å². The van der Waals surface area contributed by atoms with E-state index in [9.17, 15) is 14.7 Å². The molecular formula is C24H24ClN3O3. The Bertz CT molecular complexity index is 1170. The molecule has 1 aliphatic carbocycles. The zero-order valence-electron chi connectivity index (χ0n) is 17.3. The highest BCUT2D eigenvalue weighted by Crippen LogP contribution is 2.30. The van der Waals surface area contributed by atoms with Gasteiger partial charge in [0.15, 0.2) is 0 Å². The topological polar surface area (TPSA) is 84.2 Å². The number of nitrogens with one attached hydrogen (secondary N) is 1. The molecule has 1 atom stereocenters. The third-order valence-electron chi connectivity index (χ3n) is 5.70. The van der Waals surface area contributed by atoms with Crippen LogP contribution >= 0.6 is 11.6 Å². The fourth-order valence-electron chi connectivity index (χ4n) is 4.16.